The average molecular weight is 319 g/mol. The third-order valence-corrected chi connectivity index (χ3v) is 3.93. The largest absolute Gasteiger partial charge is 0.464 e. The Morgan fingerprint density at radius 2 is 2.09 bits per heavy atom. The first-order valence-electron chi connectivity index (χ1n) is 6.91. The predicted octanol–water partition coefficient (Wildman–Crippen LogP) is 0.338. The maximum atomic E-state index is 12.8. The smallest absolute Gasteiger partial charge is 0.405 e. The highest BCUT2D eigenvalue weighted by Crippen LogP contribution is 2.48. The summed E-state index contributed by atoms with van der Waals surface area (Å²) in [4.78, 5) is 42.1. The number of esters is 2. The molecule has 0 fully saturated rings. The van der Waals surface area contributed by atoms with E-state index in [2.05, 4.69) is 4.74 Å². The van der Waals surface area contributed by atoms with Gasteiger partial charge in [0.25, 0.3) is 5.60 Å². The summed E-state index contributed by atoms with van der Waals surface area (Å²) >= 11 is 0. The maximum Gasteiger partial charge on any atom is 0.405 e. The molecule has 1 heterocycles. The highest BCUT2D eigenvalue weighted by atomic mass is 16.9. The van der Waals surface area contributed by atoms with Crippen molar-refractivity contribution < 1.29 is 33.6 Å². The molecule has 1 aliphatic carbocycles. The Balaban J connectivity index is 2.23. The lowest BCUT2D eigenvalue weighted by molar-refractivity contribution is -0.743. The van der Waals surface area contributed by atoms with E-state index in [1.54, 1.807) is 25.1 Å². The van der Waals surface area contributed by atoms with Gasteiger partial charge >= 0.3 is 17.7 Å². The molecule has 1 aromatic rings. The fourth-order valence-corrected chi connectivity index (χ4v) is 3.01. The van der Waals surface area contributed by atoms with Crippen LogP contribution >= 0.6 is 0 Å². The van der Waals surface area contributed by atoms with Gasteiger partial charge in [-0.15, -0.1) is 0 Å². The zero-order valence-electron chi connectivity index (χ0n) is 12.4. The molecule has 0 bridgehead atoms. The van der Waals surface area contributed by atoms with E-state index < -0.39 is 35.0 Å². The molecule has 8 heteroatoms. The number of methoxy groups -OCH3 is 1. The standard InChI is InChI=1S/C15H13NO7/c1-3-22-14(19)15-10(11(13(18)21-2)16(20)23-15)8-6-4-5-7-9(8)12(15)17/h4-7,10H,3H2,1-2H3/t10-,15+/m0/s1. The van der Waals surface area contributed by atoms with E-state index in [-0.39, 0.29) is 17.1 Å². The predicted molar refractivity (Wildman–Crippen MR) is 74.6 cm³/mol. The lowest BCUT2D eigenvalue weighted by Crippen LogP contribution is -2.50. The number of rotatable bonds is 3. The molecule has 1 aromatic carbocycles. The van der Waals surface area contributed by atoms with Crippen molar-refractivity contribution in [3.8, 4) is 0 Å². The van der Waals surface area contributed by atoms with Crippen molar-refractivity contribution in [1.29, 1.82) is 0 Å². The number of hydrogen-bond donors (Lipinski definition) is 0. The van der Waals surface area contributed by atoms with Crippen LogP contribution in [0.5, 0.6) is 0 Å². The lowest BCUT2D eigenvalue weighted by atomic mass is 9.84. The van der Waals surface area contributed by atoms with Gasteiger partial charge in [-0.3, -0.25) is 10.0 Å². The van der Waals surface area contributed by atoms with Crippen LogP contribution in [0.25, 0.3) is 0 Å². The van der Waals surface area contributed by atoms with E-state index in [1.165, 1.54) is 6.07 Å². The first-order valence-corrected chi connectivity index (χ1v) is 6.91. The number of Topliss-reactive ketones (excluding diaryl/α,β-unsaturated/α-hetero) is 1. The normalized spacial score (nSPS) is 24.8. The molecule has 0 unspecified atom stereocenters. The molecule has 2 atom stereocenters. The van der Waals surface area contributed by atoms with Crippen molar-refractivity contribution >= 4 is 23.4 Å². The minimum atomic E-state index is -2.22. The van der Waals surface area contributed by atoms with Crippen LogP contribution in [-0.2, 0) is 23.9 Å². The summed E-state index contributed by atoms with van der Waals surface area (Å²) in [7, 11) is 1.09. The van der Waals surface area contributed by atoms with Crippen LogP contribution in [0.2, 0.25) is 0 Å². The van der Waals surface area contributed by atoms with E-state index in [4.69, 9.17) is 9.57 Å². The molecule has 120 valence electrons. The van der Waals surface area contributed by atoms with E-state index in [9.17, 15) is 19.6 Å². The second-order valence-corrected chi connectivity index (χ2v) is 5.03. The average Bonchev–Trinajstić information content (AvgIpc) is 2.99. The zero-order chi connectivity index (χ0) is 16.8. The van der Waals surface area contributed by atoms with E-state index >= 15 is 0 Å². The van der Waals surface area contributed by atoms with Crippen molar-refractivity contribution in [2.75, 3.05) is 13.7 Å². The Hall–Kier alpha value is -2.90. The van der Waals surface area contributed by atoms with Gasteiger partial charge in [-0.05, 0) is 12.5 Å². The van der Waals surface area contributed by atoms with Crippen molar-refractivity contribution in [3.63, 3.8) is 0 Å². The number of carbonyl (C=O) groups excluding carboxylic acids is 3. The Morgan fingerprint density at radius 3 is 2.74 bits per heavy atom. The summed E-state index contributed by atoms with van der Waals surface area (Å²) in [6.07, 6.45) is 0. The van der Waals surface area contributed by atoms with E-state index in [1.807, 2.05) is 0 Å². The first kappa shape index (κ1) is 15.0. The van der Waals surface area contributed by atoms with Crippen molar-refractivity contribution in [2.24, 2.45) is 0 Å². The third kappa shape index (κ3) is 1.77. The van der Waals surface area contributed by atoms with Gasteiger partial charge in [0.2, 0.25) is 0 Å². The molecule has 0 saturated heterocycles. The zero-order valence-corrected chi connectivity index (χ0v) is 12.4. The second kappa shape index (κ2) is 5.08. The van der Waals surface area contributed by atoms with Crippen LogP contribution in [0.1, 0.15) is 28.8 Å². The van der Waals surface area contributed by atoms with Crippen LogP contribution in [0.4, 0.5) is 0 Å². The molecule has 0 aromatic heterocycles. The molecule has 3 rings (SSSR count). The summed E-state index contributed by atoms with van der Waals surface area (Å²) in [5.74, 6) is -3.89. The molecule has 0 amide bonds. The van der Waals surface area contributed by atoms with Crippen LogP contribution in [-0.4, -0.2) is 47.7 Å². The van der Waals surface area contributed by atoms with Gasteiger partial charge in [0.15, 0.2) is 5.78 Å². The molecule has 23 heavy (non-hydrogen) atoms. The summed E-state index contributed by atoms with van der Waals surface area (Å²) in [6, 6.07) is 6.31. The minimum absolute atomic E-state index is 0.00724. The van der Waals surface area contributed by atoms with Crippen LogP contribution in [0.15, 0.2) is 24.3 Å². The molecule has 2 aliphatic rings. The number of ether oxygens (including phenoxy) is 2. The highest BCUT2D eigenvalue weighted by molar-refractivity contribution is 6.41. The maximum absolute atomic E-state index is 12.8. The summed E-state index contributed by atoms with van der Waals surface area (Å²) in [6.45, 7) is 1.55. The molecule has 0 radical (unpaired) electrons. The molecule has 0 N–H and O–H groups in total. The van der Waals surface area contributed by atoms with Gasteiger partial charge in [-0.25, -0.2) is 9.59 Å². The fourth-order valence-electron chi connectivity index (χ4n) is 3.01. The van der Waals surface area contributed by atoms with E-state index in [0.717, 1.165) is 7.11 Å². The number of benzene rings is 1. The van der Waals surface area contributed by atoms with Crippen molar-refractivity contribution in [3.05, 3.63) is 40.6 Å². The quantitative estimate of drug-likeness (QED) is 0.449. The molecule has 1 aliphatic heterocycles. The summed E-state index contributed by atoms with van der Waals surface area (Å²) in [5.41, 5.74) is -2.12. The van der Waals surface area contributed by atoms with Gasteiger partial charge in [-0.2, -0.15) is 0 Å². The summed E-state index contributed by atoms with van der Waals surface area (Å²) < 4.78 is 9.51. The first-order chi connectivity index (χ1) is 11.0. The molecular weight excluding hydrogens is 306 g/mol. The number of fused-ring (bicyclic) bond motifs is 3. The SMILES string of the molecule is CCOC(=O)[C@@]12O[N+]([O-])=C(C(=O)OC)[C@@H]1c1ccccc1C2=O. The summed E-state index contributed by atoms with van der Waals surface area (Å²) in [5, 5.41) is 12.1. The minimum Gasteiger partial charge on any atom is -0.464 e. The number of hydrogen-bond acceptors (Lipinski definition) is 7. The third-order valence-electron chi connectivity index (χ3n) is 3.93. The van der Waals surface area contributed by atoms with Crippen molar-refractivity contribution in [2.45, 2.75) is 18.4 Å². The Morgan fingerprint density at radius 1 is 1.39 bits per heavy atom. The Labute approximate surface area is 130 Å². The molecule has 8 nitrogen and oxygen atoms in total. The van der Waals surface area contributed by atoms with Crippen LogP contribution < -0.4 is 0 Å². The molecular formula is C15H13NO7. The van der Waals surface area contributed by atoms with Gasteiger partial charge in [0.05, 0.1) is 18.6 Å². The Kier molecular flexibility index (Phi) is 3.32. The van der Waals surface area contributed by atoms with Gasteiger partial charge < -0.3 is 14.3 Å². The van der Waals surface area contributed by atoms with Crippen LogP contribution in [0.3, 0.4) is 0 Å². The number of ketones is 1. The highest BCUT2D eigenvalue weighted by Gasteiger charge is 2.70. The molecule has 0 spiro atoms. The van der Waals surface area contributed by atoms with Gasteiger partial charge in [0.1, 0.15) is 5.92 Å². The number of carbonyl (C=O) groups is 3. The Bertz CT molecular complexity index is 754. The number of nitrogens with zero attached hydrogens (tertiary/aromatic N) is 1. The monoisotopic (exact) mass is 319 g/mol. The van der Waals surface area contributed by atoms with Gasteiger partial charge in [-0.1, -0.05) is 24.3 Å². The van der Waals surface area contributed by atoms with Gasteiger partial charge in [0, 0.05) is 5.56 Å². The second-order valence-electron chi connectivity index (χ2n) is 5.03. The molecule has 0 saturated carbocycles. The fraction of sp³-hybridized carbons (Fsp3) is 0.333. The topological polar surface area (TPSA) is 105 Å². The van der Waals surface area contributed by atoms with E-state index in [0.29, 0.717) is 5.56 Å². The van der Waals surface area contributed by atoms with Crippen molar-refractivity contribution in [1.82, 2.24) is 0 Å². The lowest BCUT2D eigenvalue weighted by Gasteiger charge is -2.24. The van der Waals surface area contributed by atoms with Crippen LogP contribution in [0, 0.1) is 5.21 Å².